The number of anilines is 3. The van der Waals surface area contributed by atoms with Crippen molar-refractivity contribution in [3.63, 3.8) is 0 Å². The van der Waals surface area contributed by atoms with Crippen molar-refractivity contribution in [3.05, 3.63) is 179 Å². The Morgan fingerprint density at radius 3 is 0.868 bits per heavy atom. The Morgan fingerprint density at radius 2 is 0.632 bits per heavy atom. The van der Waals surface area contributed by atoms with E-state index in [0.717, 1.165) is 16.7 Å². The zero-order chi connectivity index (χ0) is 54.4. The van der Waals surface area contributed by atoms with Crippen LogP contribution in [0.4, 0.5) is 17.1 Å². The van der Waals surface area contributed by atoms with E-state index in [1.807, 2.05) is 36.4 Å². The zero-order valence-electron chi connectivity index (χ0n) is 42.2. The molecule has 0 aliphatic carbocycles. The van der Waals surface area contributed by atoms with Gasteiger partial charge in [0.25, 0.3) is 17.7 Å². The summed E-state index contributed by atoms with van der Waals surface area (Å²) in [5.74, 6) is -3.54. The molecule has 0 unspecified atom stereocenters. The first-order valence-corrected chi connectivity index (χ1v) is 25.4. The first-order chi connectivity index (χ1) is 36.7. The summed E-state index contributed by atoms with van der Waals surface area (Å²) in [6.45, 7) is 1.26. The molecule has 0 saturated heterocycles. The molecule has 0 saturated carbocycles. The molecule has 0 bridgehead atoms. The van der Waals surface area contributed by atoms with Crippen molar-refractivity contribution in [2.75, 3.05) is 35.6 Å². The summed E-state index contributed by atoms with van der Waals surface area (Å²) < 4.78 is 0. The maximum Gasteiger partial charge on any atom is 0.252 e. The van der Waals surface area contributed by atoms with Crippen molar-refractivity contribution in [3.8, 4) is 17.2 Å². The van der Waals surface area contributed by atoms with Crippen molar-refractivity contribution in [2.24, 2.45) is 17.2 Å². The van der Waals surface area contributed by atoms with Crippen LogP contribution in [0.5, 0.6) is 17.2 Å². The number of hydrogen-bond acceptors (Lipinski definition) is 12. The maximum atomic E-state index is 13.8. The highest BCUT2D eigenvalue weighted by molar-refractivity contribution is 6.03. The molecule has 0 aliphatic rings. The molecule has 6 amide bonds. The number of aromatic hydroxyl groups is 3. The number of phenolic OH excluding ortho intramolecular Hbond substituents is 3. The predicted octanol–water partition coefficient (Wildman–Crippen LogP) is 6.58. The highest BCUT2D eigenvalue weighted by Crippen LogP contribution is 2.34. The molecule has 18 nitrogen and oxygen atoms in total. The molecule has 6 aromatic rings. The Hall–Kier alpha value is -8.58. The van der Waals surface area contributed by atoms with Crippen molar-refractivity contribution < 1.29 is 44.1 Å². The second-order valence-corrected chi connectivity index (χ2v) is 18.3. The van der Waals surface area contributed by atoms with Crippen LogP contribution in [0.1, 0.15) is 111 Å². The molecule has 0 heterocycles. The Morgan fingerprint density at radius 1 is 0.368 bits per heavy atom. The molecule has 15 N–H and O–H groups in total. The van der Waals surface area contributed by atoms with Gasteiger partial charge in [-0.2, -0.15) is 0 Å². The average molecular weight is 1030 g/mol. The topological polar surface area (TPSA) is 313 Å². The molecule has 6 rings (SSSR count). The second kappa shape index (κ2) is 28.8. The number of carbonyl (C=O) groups excluding carboxylic acids is 6. The third-order valence-corrected chi connectivity index (χ3v) is 12.6. The minimum absolute atomic E-state index is 0.0819. The highest BCUT2D eigenvalue weighted by atomic mass is 16.3. The number of rotatable bonds is 27. The molecular formula is C58H67N9O9. The number of amides is 6. The normalized spacial score (nSPS) is 12.2. The second-order valence-electron chi connectivity index (χ2n) is 18.3. The lowest BCUT2D eigenvalue weighted by atomic mass is 9.85. The summed E-state index contributed by atoms with van der Waals surface area (Å²) in [7, 11) is 0. The summed E-state index contributed by atoms with van der Waals surface area (Å²) in [4.78, 5) is 80.8. The van der Waals surface area contributed by atoms with Gasteiger partial charge in [-0.3, -0.25) is 28.8 Å². The van der Waals surface area contributed by atoms with Gasteiger partial charge in [-0.25, -0.2) is 0 Å². The van der Waals surface area contributed by atoms with Gasteiger partial charge < -0.3 is 64.4 Å². The van der Waals surface area contributed by atoms with Gasteiger partial charge in [-0.05, 0) is 185 Å². The number of nitrogens with two attached hydrogens (primary N) is 3. The largest absolute Gasteiger partial charge is 0.508 e. The molecule has 0 aliphatic heterocycles. The van der Waals surface area contributed by atoms with Crippen LogP contribution in [0, 0.1) is 0 Å². The van der Waals surface area contributed by atoms with Crippen molar-refractivity contribution in [1.29, 1.82) is 0 Å². The number of phenols is 3. The van der Waals surface area contributed by atoms with E-state index in [2.05, 4.69) is 31.9 Å². The SMILES string of the molecule is NCCCC[C@@H](NC(=O)c1cccc(O)c1)C(=O)Nc1ccc(C(c2ccc(NC(=O)[C@@H](CCCCN)NC(=O)c3cccc(O)c3)cc2)c2ccc(NC(=O)[C@@H](CCCCN)NC(=O)c3cccc(O)c3)cc2)cc1. The third-order valence-electron chi connectivity index (χ3n) is 12.6. The Bertz CT molecular complexity index is 2590. The van der Waals surface area contributed by atoms with E-state index in [4.69, 9.17) is 17.2 Å². The summed E-state index contributed by atoms with van der Waals surface area (Å²) >= 11 is 0. The Labute approximate surface area is 441 Å². The van der Waals surface area contributed by atoms with Crippen LogP contribution in [0.2, 0.25) is 0 Å². The van der Waals surface area contributed by atoms with Crippen LogP contribution in [0.25, 0.3) is 0 Å². The van der Waals surface area contributed by atoms with Crippen LogP contribution < -0.4 is 49.1 Å². The van der Waals surface area contributed by atoms with E-state index in [-0.39, 0.29) is 33.9 Å². The molecule has 398 valence electrons. The molecule has 0 aromatic heterocycles. The van der Waals surface area contributed by atoms with Gasteiger partial charge in [0.2, 0.25) is 17.7 Å². The van der Waals surface area contributed by atoms with Gasteiger partial charge in [-0.1, -0.05) is 54.6 Å². The van der Waals surface area contributed by atoms with E-state index in [1.165, 1.54) is 36.4 Å². The monoisotopic (exact) mass is 1030 g/mol. The predicted molar refractivity (Wildman–Crippen MR) is 293 cm³/mol. The summed E-state index contributed by atoms with van der Waals surface area (Å²) in [5.41, 5.74) is 21.6. The minimum Gasteiger partial charge on any atom is -0.508 e. The van der Waals surface area contributed by atoms with E-state index < -0.39 is 59.5 Å². The first kappa shape index (κ1) is 56.7. The number of hydrogen-bond donors (Lipinski definition) is 12. The smallest absolute Gasteiger partial charge is 0.252 e. The fraction of sp³-hybridized carbons (Fsp3) is 0.276. The molecule has 3 atom stereocenters. The summed E-state index contributed by atoms with van der Waals surface area (Å²) in [6.07, 6.45) is 4.66. The number of carbonyl (C=O) groups is 6. The number of unbranched alkanes of at least 4 members (excludes halogenated alkanes) is 3. The minimum atomic E-state index is -0.904. The van der Waals surface area contributed by atoms with E-state index >= 15 is 0 Å². The van der Waals surface area contributed by atoms with Crippen LogP contribution in [0.15, 0.2) is 146 Å². The van der Waals surface area contributed by atoms with Gasteiger partial charge in [-0.15, -0.1) is 0 Å². The molecule has 6 aromatic carbocycles. The number of nitrogens with one attached hydrogen (secondary N) is 6. The zero-order valence-corrected chi connectivity index (χ0v) is 42.2. The van der Waals surface area contributed by atoms with E-state index in [1.54, 1.807) is 72.8 Å². The van der Waals surface area contributed by atoms with Gasteiger partial charge in [0.15, 0.2) is 0 Å². The fourth-order valence-corrected chi connectivity index (χ4v) is 8.49. The lowest BCUT2D eigenvalue weighted by molar-refractivity contribution is -0.118. The summed E-state index contributed by atoms with van der Waals surface area (Å²) in [6, 6.07) is 36.6. The van der Waals surface area contributed by atoms with Crippen molar-refractivity contribution in [1.82, 2.24) is 16.0 Å². The number of benzene rings is 6. The Kier molecular flexibility index (Phi) is 21.5. The van der Waals surface area contributed by atoms with Crippen LogP contribution >= 0.6 is 0 Å². The lowest BCUT2D eigenvalue weighted by Crippen LogP contribution is -2.43. The standard InChI is InChI=1S/C58H67N9O9/c59-31-4-1-16-49(65-53(71)40-10-7-13-46(68)34-40)56(74)62-43-25-19-37(20-26-43)52(38-21-27-44(28-22-38)63-57(75)50(17-2-5-32-60)66-54(72)41-11-8-14-47(69)35-41)39-23-29-45(30-24-39)64-58(76)51(18-3-6-33-61)67-55(73)42-12-9-15-48(70)36-42/h7-15,19-30,34-36,49-52,68-70H,1-6,16-18,31-33,59-61H2,(H,62,74)(H,63,75)(H,64,76)(H,65,71)(H,66,72)(H,67,73)/t49-,50-,51-/m1/s1. The van der Waals surface area contributed by atoms with Crippen molar-refractivity contribution >= 4 is 52.5 Å². The van der Waals surface area contributed by atoms with Crippen LogP contribution in [-0.2, 0) is 14.4 Å². The third kappa shape index (κ3) is 17.0. The molecule has 0 fully saturated rings. The highest BCUT2D eigenvalue weighted by Gasteiger charge is 2.26. The Balaban J connectivity index is 1.25. The molecule has 0 radical (unpaired) electrons. The first-order valence-electron chi connectivity index (χ1n) is 25.4. The van der Waals surface area contributed by atoms with Gasteiger partial charge in [0.05, 0.1) is 0 Å². The molecule has 76 heavy (non-hydrogen) atoms. The quantitative estimate of drug-likeness (QED) is 0.0192. The maximum absolute atomic E-state index is 13.8. The summed E-state index contributed by atoms with van der Waals surface area (Å²) in [5, 5.41) is 47.0. The molecular weight excluding hydrogens is 967 g/mol. The molecule has 0 spiro atoms. The van der Waals surface area contributed by atoms with Crippen LogP contribution in [0.3, 0.4) is 0 Å². The van der Waals surface area contributed by atoms with Gasteiger partial charge in [0, 0.05) is 39.7 Å². The average Bonchev–Trinajstić information content (AvgIpc) is 3.41. The van der Waals surface area contributed by atoms with Crippen LogP contribution in [-0.4, -0.2) is 88.5 Å². The van der Waals surface area contributed by atoms with Crippen molar-refractivity contribution in [2.45, 2.75) is 81.8 Å². The lowest BCUT2D eigenvalue weighted by Gasteiger charge is -2.22. The fourth-order valence-electron chi connectivity index (χ4n) is 8.49. The van der Waals surface area contributed by atoms with Gasteiger partial charge >= 0.3 is 0 Å². The van der Waals surface area contributed by atoms with E-state index in [9.17, 15) is 44.1 Å². The molecule has 18 heteroatoms. The van der Waals surface area contributed by atoms with Gasteiger partial charge in [0.1, 0.15) is 35.4 Å². The van der Waals surface area contributed by atoms with E-state index in [0.29, 0.717) is 94.5 Å².